The molecule has 4 heteroatoms. The van der Waals surface area contributed by atoms with Crippen LogP contribution in [0.2, 0.25) is 0 Å². The molecule has 29 heavy (non-hydrogen) atoms. The van der Waals surface area contributed by atoms with E-state index in [-0.39, 0.29) is 0 Å². The van der Waals surface area contributed by atoms with Crippen molar-refractivity contribution in [3.05, 3.63) is 60.4 Å². The molecule has 0 spiro atoms. The van der Waals surface area contributed by atoms with Crippen molar-refractivity contribution < 1.29 is 5.11 Å². The molecule has 0 atom stereocenters. The molecule has 0 unspecified atom stereocenters. The molecule has 0 aliphatic carbocycles. The standard InChI is InChI=1S/C25H29N3O/c29-24-12-11-23-21(25(24)28-15-5-1-6-16-28)13-17-27(23)14-7-4-8-19-18-26-22-10-3-2-9-20(19)22/h2-3,9-13,17-18,26,29H,1,4-8,14-16H2. The van der Waals surface area contributed by atoms with Gasteiger partial charge in [-0.25, -0.2) is 0 Å². The van der Waals surface area contributed by atoms with Crippen LogP contribution in [0, 0.1) is 0 Å². The third-order valence-corrected chi connectivity index (χ3v) is 6.35. The number of para-hydroxylation sites is 1. The molecule has 4 aromatic rings. The van der Waals surface area contributed by atoms with Crippen LogP contribution in [0.3, 0.4) is 0 Å². The minimum atomic E-state index is 0.413. The highest BCUT2D eigenvalue weighted by Crippen LogP contribution is 2.37. The van der Waals surface area contributed by atoms with Crippen LogP contribution in [0.1, 0.15) is 37.7 Å². The van der Waals surface area contributed by atoms with E-state index in [2.05, 4.69) is 63.2 Å². The van der Waals surface area contributed by atoms with Crippen molar-refractivity contribution >= 4 is 27.5 Å². The molecule has 150 valence electrons. The van der Waals surface area contributed by atoms with E-state index in [1.807, 2.05) is 6.07 Å². The number of anilines is 1. The summed E-state index contributed by atoms with van der Waals surface area (Å²) in [4.78, 5) is 5.74. The van der Waals surface area contributed by atoms with Crippen molar-refractivity contribution in [2.75, 3.05) is 18.0 Å². The summed E-state index contributed by atoms with van der Waals surface area (Å²) in [5, 5.41) is 13.1. The molecule has 2 N–H and O–H groups in total. The number of unbranched alkanes of at least 4 members (excludes halogenated alkanes) is 1. The number of aromatic nitrogens is 2. The SMILES string of the molecule is Oc1ccc2c(ccn2CCCCc2c[nH]c3ccccc23)c1N1CCCCC1. The zero-order valence-corrected chi connectivity index (χ0v) is 16.9. The van der Waals surface area contributed by atoms with Gasteiger partial charge in [0.25, 0.3) is 0 Å². The molecular formula is C25H29N3O. The molecular weight excluding hydrogens is 358 g/mol. The van der Waals surface area contributed by atoms with Crippen molar-refractivity contribution in [2.24, 2.45) is 0 Å². The molecule has 3 heterocycles. The van der Waals surface area contributed by atoms with Crippen LogP contribution in [-0.4, -0.2) is 27.7 Å². The lowest BCUT2D eigenvalue weighted by molar-refractivity contribution is 0.470. The topological polar surface area (TPSA) is 44.2 Å². The number of piperidine rings is 1. The Kier molecular flexibility index (Phi) is 4.92. The van der Waals surface area contributed by atoms with Crippen molar-refractivity contribution in [1.29, 1.82) is 0 Å². The number of benzene rings is 2. The van der Waals surface area contributed by atoms with E-state index in [0.717, 1.165) is 38.2 Å². The number of nitrogens with zero attached hydrogens (tertiary/aromatic N) is 2. The number of aryl methyl sites for hydroxylation is 2. The number of phenols is 1. The summed E-state index contributed by atoms with van der Waals surface area (Å²) in [6.45, 7) is 3.10. The first-order chi connectivity index (χ1) is 14.3. The molecule has 1 saturated heterocycles. The lowest BCUT2D eigenvalue weighted by Gasteiger charge is -2.30. The van der Waals surface area contributed by atoms with E-state index in [1.54, 1.807) is 0 Å². The Hall–Kier alpha value is -2.88. The molecule has 5 rings (SSSR count). The first kappa shape index (κ1) is 18.2. The monoisotopic (exact) mass is 387 g/mol. The maximum absolute atomic E-state index is 10.5. The van der Waals surface area contributed by atoms with Gasteiger partial charge in [-0.1, -0.05) is 18.2 Å². The van der Waals surface area contributed by atoms with Gasteiger partial charge in [-0.2, -0.15) is 0 Å². The molecule has 1 fully saturated rings. The van der Waals surface area contributed by atoms with Crippen LogP contribution in [0.25, 0.3) is 21.8 Å². The maximum Gasteiger partial charge on any atom is 0.139 e. The minimum absolute atomic E-state index is 0.413. The average Bonchev–Trinajstić information content (AvgIpc) is 3.36. The second-order valence-corrected chi connectivity index (χ2v) is 8.24. The Bertz CT molecular complexity index is 1120. The van der Waals surface area contributed by atoms with Gasteiger partial charge in [0.2, 0.25) is 0 Å². The molecule has 0 bridgehead atoms. The van der Waals surface area contributed by atoms with Crippen molar-refractivity contribution in [3.8, 4) is 5.75 Å². The first-order valence-corrected chi connectivity index (χ1v) is 10.9. The van der Waals surface area contributed by atoms with Crippen LogP contribution in [-0.2, 0) is 13.0 Å². The zero-order valence-electron chi connectivity index (χ0n) is 16.9. The van der Waals surface area contributed by atoms with E-state index in [1.165, 1.54) is 53.1 Å². The van der Waals surface area contributed by atoms with Crippen LogP contribution >= 0.6 is 0 Å². The van der Waals surface area contributed by atoms with Crippen LogP contribution in [0.15, 0.2) is 54.9 Å². The summed E-state index contributed by atoms with van der Waals surface area (Å²) < 4.78 is 2.34. The predicted molar refractivity (Wildman–Crippen MR) is 121 cm³/mol. The number of rotatable bonds is 6. The summed E-state index contributed by atoms with van der Waals surface area (Å²) in [6.07, 6.45) is 11.5. The van der Waals surface area contributed by atoms with Crippen LogP contribution < -0.4 is 4.90 Å². The molecule has 0 saturated carbocycles. The number of fused-ring (bicyclic) bond motifs is 2. The van der Waals surface area contributed by atoms with Crippen molar-refractivity contribution in [1.82, 2.24) is 9.55 Å². The molecule has 0 radical (unpaired) electrons. The van der Waals surface area contributed by atoms with E-state index in [9.17, 15) is 5.11 Å². The van der Waals surface area contributed by atoms with Gasteiger partial charge in [0.15, 0.2) is 0 Å². The third-order valence-electron chi connectivity index (χ3n) is 6.35. The Balaban J connectivity index is 1.28. The quantitative estimate of drug-likeness (QED) is 0.408. The first-order valence-electron chi connectivity index (χ1n) is 10.9. The molecule has 2 aromatic heterocycles. The highest BCUT2D eigenvalue weighted by molar-refractivity contribution is 5.96. The Morgan fingerprint density at radius 2 is 1.76 bits per heavy atom. The molecule has 1 aliphatic rings. The fourth-order valence-corrected chi connectivity index (χ4v) is 4.83. The predicted octanol–water partition coefficient (Wildman–Crippen LogP) is 5.84. The maximum atomic E-state index is 10.5. The third kappa shape index (κ3) is 3.48. The van der Waals surface area contributed by atoms with E-state index in [4.69, 9.17) is 0 Å². The average molecular weight is 388 g/mol. The number of nitrogens with one attached hydrogen (secondary N) is 1. The van der Waals surface area contributed by atoms with Gasteiger partial charge >= 0.3 is 0 Å². The normalized spacial score (nSPS) is 14.8. The number of hydrogen-bond donors (Lipinski definition) is 2. The molecule has 4 nitrogen and oxygen atoms in total. The van der Waals surface area contributed by atoms with Crippen LogP contribution in [0.4, 0.5) is 5.69 Å². The van der Waals surface area contributed by atoms with Gasteiger partial charge in [0.05, 0.1) is 11.2 Å². The van der Waals surface area contributed by atoms with E-state index < -0.39 is 0 Å². The van der Waals surface area contributed by atoms with E-state index >= 15 is 0 Å². The Morgan fingerprint density at radius 3 is 2.66 bits per heavy atom. The van der Waals surface area contributed by atoms with Gasteiger partial charge in [-0.3, -0.25) is 0 Å². The van der Waals surface area contributed by atoms with Crippen molar-refractivity contribution in [2.45, 2.75) is 45.1 Å². The summed E-state index contributed by atoms with van der Waals surface area (Å²) in [7, 11) is 0. The van der Waals surface area contributed by atoms with Crippen LogP contribution in [0.5, 0.6) is 5.75 Å². The Labute approximate surface area is 171 Å². The van der Waals surface area contributed by atoms with Gasteiger partial charge in [-0.15, -0.1) is 0 Å². The largest absolute Gasteiger partial charge is 0.506 e. The summed E-state index contributed by atoms with van der Waals surface area (Å²) in [6, 6.07) is 14.6. The second-order valence-electron chi connectivity index (χ2n) is 8.24. The highest BCUT2D eigenvalue weighted by atomic mass is 16.3. The number of aromatic hydroxyl groups is 1. The summed E-state index contributed by atoms with van der Waals surface area (Å²) >= 11 is 0. The fourth-order valence-electron chi connectivity index (χ4n) is 4.83. The lowest BCUT2D eigenvalue weighted by Crippen LogP contribution is -2.29. The molecule has 0 amide bonds. The Morgan fingerprint density at radius 1 is 0.897 bits per heavy atom. The minimum Gasteiger partial charge on any atom is -0.506 e. The number of H-pyrrole nitrogens is 1. The highest BCUT2D eigenvalue weighted by Gasteiger charge is 2.18. The van der Waals surface area contributed by atoms with E-state index in [0.29, 0.717) is 5.75 Å². The zero-order chi connectivity index (χ0) is 19.6. The molecule has 1 aliphatic heterocycles. The van der Waals surface area contributed by atoms with Gasteiger partial charge < -0.3 is 19.6 Å². The fraction of sp³-hybridized carbons (Fsp3) is 0.360. The van der Waals surface area contributed by atoms with Gasteiger partial charge in [-0.05, 0) is 68.4 Å². The lowest BCUT2D eigenvalue weighted by atomic mass is 10.1. The van der Waals surface area contributed by atoms with Gasteiger partial charge in [0.1, 0.15) is 5.75 Å². The smallest absolute Gasteiger partial charge is 0.139 e. The van der Waals surface area contributed by atoms with Gasteiger partial charge in [0, 0.05) is 48.3 Å². The summed E-state index contributed by atoms with van der Waals surface area (Å²) in [5.41, 5.74) is 4.90. The molecule has 2 aromatic carbocycles. The van der Waals surface area contributed by atoms with Crippen molar-refractivity contribution in [3.63, 3.8) is 0 Å². The number of phenolic OH excluding ortho intramolecular Hbond substituents is 1. The summed E-state index contributed by atoms with van der Waals surface area (Å²) in [5.74, 6) is 0.413. The number of hydrogen-bond acceptors (Lipinski definition) is 2. The second kappa shape index (κ2) is 7.86. The number of aromatic amines is 1.